The number of hydrogen-bond donors (Lipinski definition) is 2. The van der Waals surface area contributed by atoms with Gasteiger partial charge in [-0.1, -0.05) is 0 Å². The highest BCUT2D eigenvalue weighted by atomic mass is 32.2. The standard InChI is InChI=1S/C12H21N5O2S/c1-16-6-2-3-10(8-16)14-15-20(18,19)12-7-13-17(9-12)11-4-5-11/h7,9-11,14-15H,2-6,8H2,1H3/t10-/m0/s1. The molecule has 2 fully saturated rings. The smallest absolute Gasteiger partial charge is 0.256 e. The molecule has 0 amide bonds. The predicted octanol–water partition coefficient (Wildman–Crippen LogP) is 0.0951. The highest BCUT2D eigenvalue weighted by molar-refractivity contribution is 7.89. The first-order valence-corrected chi connectivity index (χ1v) is 8.53. The van der Waals surface area contributed by atoms with Gasteiger partial charge in [-0.3, -0.25) is 4.68 Å². The van der Waals surface area contributed by atoms with Gasteiger partial charge in [-0.25, -0.2) is 13.8 Å². The average Bonchev–Trinajstić information content (AvgIpc) is 3.14. The highest BCUT2D eigenvalue weighted by Gasteiger charge is 2.27. The fourth-order valence-corrected chi connectivity index (χ4v) is 3.37. The molecule has 1 aromatic rings. The van der Waals surface area contributed by atoms with Crippen molar-refractivity contribution in [3.8, 4) is 0 Å². The first-order chi connectivity index (χ1) is 9.54. The number of nitrogens with zero attached hydrogens (tertiary/aromatic N) is 3. The van der Waals surface area contributed by atoms with E-state index >= 15 is 0 Å². The quantitative estimate of drug-likeness (QED) is 0.754. The molecular formula is C12H21N5O2S. The number of nitrogens with one attached hydrogen (secondary N) is 2. The van der Waals surface area contributed by atoms with E-state index in [0.717, 1.165) is 38.8 Å². The van der Waals surface area contributed by atoms with Crippen LogP contribution in [0.3, 0.4) is 0 Å². The van der Waals surface area contributed by atoms with Crippen LogP contribution in [0.4, 0.5) is 0 Å². The summed E-state index contributed by atoms with van der Waals surface area (Å²) in [6, 6.07) is 0.543. The van der Waals surface area contributed by atoms with Crippen molar-refractivity contribution < 1.29 is 8.42 Å². The Hall–Kier alpha value is -0.960. The number of piperidine rings is 1. The molecule has 0 aromatic carbocycles. The molecule has 1 saturated carbocycles. The summed E-state index contributed by atoms with van der Waals surface area (Å²) < 4.78 is 26.1. The lowest BCUT2D eigenvalue weighted by atomic mass is 10.1. The second kappa shape index (κ2) is 5.44. The molecular weight excluding hydrogens is 278 g/mol. The number of likely N-dealkylation sites (N-methyl/N-ethyl adjacent to an activating group) is 1. The summed E-state index contributed by atoms with van der Waals surface area (Å²) in [5.74, 6) is 0. The number of hydrogen-bond acceptors (Lipinski definition) is 5. The first kappa shape index (κ1) is 14.0. The van der Waals surface area contributed by atoms with Gasteiger partial charge in [0.25, 0.3) is 10.0 Å². The summed E-state index contributed by atoms with van der Waals surface area (Å²) in [6.07, 6.45) is 7.25. The van der Waals surface area contributed by atoms with E-state index in [9.17, 15) is 8.42 Å². The molecule has 0 radical (unpaired) electrons. The molecule has 2 aliphatic rings. The summed E-state index contributed by atoms with van der Waals surface area (Å²) in [5.41, 5.74) is 2.93. The molecule has 7 nitrogen and oxygen atoms in total. The fraction of sp³-hybridized carbons (Fsp3) is 0.750. The maximum atomic E-state index is 12.2. The van der Waals surface area contributed by atoms with Crippen molar-refractivity contribution in [1.29, 1.82) is 0 Å². The van der Waals surface area contributed by atoms with Crippen LogP contribution in [-0.4, -0.2) is 49.3 Å². The topological polar surface area (TPSA) is 79.3 Å². The number of sulfonamides is 1. The minimum atomic E-state index is -3.53. The summed E-state index contributed by atoms with van der Waals surface area (Å²) in [4.78, 5) is 4.90. The zero-order chi connectivity index (χ0) is 14.2. The SMILES string of the molecule is CN1CCC[C@H](NNS(=O)(=O)c2cnn(C3CC3)c2)C1. The first-order valence-electron chi connectivity index (χ1n) is 7.04. The Labute approximate surface area is 119 Å². The summed E-state index contributed by atoms with van der Waals surface area (Å²) >= 11 is 0. The lowest BCUT2D eigenvalue weighted by Gasteiger charge is -2.30. The minimum absolute atomic E-state index is 0.155. The molecule has 8 heteroatoms. The monoisotopic (exact) mass is 299 g/mol. The summed E-state index contributed by atoms with van der Waals surface area (Å²) in [7, 11) is -1.48. The van der Waals surface area contributed by atoms with Crippen molar-refractivity contribution in [1.82, 2.24) is 24.9 Å². The van der Waals surface area contributed by atoms with Crippen LogP contribution in [0.5, 0.6) is 0 Å². The Morgan fingerprint density at radius 1 is 1.35 bits per heavy atom. The molecule has 1 aromatic heterocycles. The molecule has 1 aliphatic carbocycles. The van der Waals surface area contributed by atoms with Gasteiger partial charge in [-0.05, 0) is 39.3 Å². The minimum Gasteiger partial charge on any atom is -0.305 e. The Balaban J connectivity index is 1.59. The maximum Gasteiger partial charge on any atom is 0.256 e. The van der Waals surface area contributed by atoms with Gasteiger partial charge in [0.1, 0.15) is 4.90 Å². The molecule has 0 bridgehead atoms. The van der Waals surface area contributed by atoms with E-state index in [1.165, 1.54) is 6.20 Å². The second-order valence-corrected chi connectivity index (χ2v) is 7.42. The van der Waals surface area contributed by atoms with Gasteiger partial charge in [-0.15, -0.1) is 4.83 Å². The molecule has 1 atom stereocenters. The second-order valence-electron chi connectivity index (χ2n) is 5.74. The molecule has 0 spiro atoms. The van der Waals surface area contributed by atoms with Crippen LogP contribution < -0.4 is 10.3 Å². The highest BCUT2D eigenvalue weighted by Crippen LogP contribution is 2.34. The Bertz CT molecular complexity index is 566. The van der Waals surface area contributed by atoms with E-state index in [1.54, 1.807) is 10.9 Å². The zero-order valence-electron chi connectivity index (χ0n) is 11.6. The van der Waals surface area contributed by atoms with Gasteiger partial charge in [0, 0.05) is 18.8 Å². The van der Waals surface area contributed by atoms with E-state index in [1.807, 2.05) is 7.05 Å². The van der Waals surface area contributed by atoms with Crippen LogP contribution in [0.15, 0.2) is 17.3 Å². The number of rotatable bonds is 5. The number of hydrazine groups is 1. The molecule has 2 heterocycles. The third kappa shape index (κ3) is 3.20. The third-order valence-corrected chi connectivity index (χ3v) is 5.05. The van der Waals surface area contributed by atoms with Crippen molar-refractivity contribution in [2.75, 3.05) is 20.1 Å². The van der Waals surface area contributed by atoms with Crippen molar-refractivity contribution in [2.45, 2.75) is 42.7 Å². The Morgan fingerprint density at radius 3 is 2.85 bits per heavy atom. The normalized spacial score (nSPS) is 24.9. The Kier molecular flexibility index (Phi) is 3.80. The largest absolute Gasteiger partial charge is 0.305 e. The summed E-state index contributed by atoms with van der Waals surface area (Å²) in [5, 5.41) is 4.11. The molecule has 1 aliphatic heterocycles. The van der Waals surface area contributed by atoms with Crippen molar-refractivity contribution in [3.63, 3.8) is 0 Å². The van der Waals surface area contributed by atoms with Crippen LogP contribution in [0.2, 0.25) is 0 Å². The Morgan fingerprint density at radius 2 is 2.15 bits per heavy atom. The average molecular weight is 299 g/mol. The van der Waals surface area contributed by atoms with Gasteiger partial charge in [0.15, 0.2) is 0 Å². The van der Waals surface area contributed by atoms with Crippen LogP contribution in [0, 0.1) is 0 Å². The fourth-order valence-electron chi connectivity index (χ4n) is 2.50. The van der Waals surface area contributed by atoms with E-state index in [2.05, 4.69) is 20.3 Å². The van der Waals surface area contributed by atoms with Gasteiger partial charge >= 0.3 is 0 Å². The molecule has 3 rings (SSSR count). The maximum absolute atomic E-state index is 12.2. The van der Waals surface area contributed by atoms with Gasteiger partial charge in [0.05, 0.1) is 12.2 Å². The number of aromatic nitrogens is 2. The van der Waals surface area contributed by atoms with Gasteiger partial charge < -0.3 is 4.90 Å². The van der Waals surface area contributed by atoms with Gasteiger partial charge in [-0.2, -0.15) is 5.10 Å². The molecule has 0 unspecified atom stereocenters. The van der Waals surface area contributed by atoms with Crippen LogP contribution >= 0.6 is 0 Å². The molecule has 2 N–H and O–H groups in total. The van der Waals surface area contributed by atoms with Crippen LogP contribution in [0.1, 0.15) is 31.7 Å². The van der Waals surface area contributed by atoms with Gasteiger partial charge in [0.2, 0.25) is 0 Å². The van der Waals surface area contributed by atoms with Crippen molar-refractivity contribution >= 4 is 10.0 Å². The van der Waals surface area contributed by atoms with E-state index in [0.29, 0.717) is 6.04 Å². The van der Waals surface area contributed by atoms with E-state index < -0.39 is 10.0 Å². The predicted molar refractivity (Wildman–Crippen MR) is 74.5 cm³/mol. The lowest BCUT2D eigenvalue weighted by molar-refractivity contribution is 0.223. The van der Waals surface area contributed by atoms with E-state index in [-0.39, 0.29) is 10.9 Å². The third-order valence-electron chi connectivity index (χ3n) is 3.83. The van der Waals surface area contributed by atoms with Crippen LogP contribution in [0.25, 0.3) is 0 Å². The van der Waals surface area contributed by atoms with E-state index in [4.69, 9.17) is 0 Å². The summed E-state index contributed by atoms with van der Waals surface area (Å²) in [6.45, 7) is 1.92. The molecule has 20 heavy (non-hydrogen) atoms. The molecule has 112 valence electrons. The van der Waals surface area contributed by atoms with Crippen LogP contribution in [-0.2, 0) is 10.0 Å². The lowest BCUT2D eigenvalue weighted by Crippen LogP contribution is -2.51. The van der Waals surface area contributed by atoms with Crippen molar-refractivity contribution in [2.24, 2.45) is 0 Å². The number of likely N-dealkylation sites (tertiary alicyclic amines) is 1. The van der Waals surface area contributed by atoms with Crippen molar-refractivity contribution in [3.05, 3.63) is 12.4 Å². The zero-order valence-corrected chi connectivity index (χ0v) is 12.4. The molecule has 1 saturated heterocycles.